The molecule has 4 nitrogen and oxygen atoms in total. The molecule has 2 aliphatic heterocycles. The molecule has 0 radical (unpaired) electrons. The Labute approximate surface area is 143 Å². The van der Waals surface area contributed by atoms with Crippen molar-refractivity contribution < 1.29 is 13.9 Å². The lowest BCUT2D eigenvalue weighted by Gasteiger charge is -2.27. The summed E-state index contributed by atoms with van der Waals surface area (Å²) in [5.74, 6) is -0.391. The Morgan fingerprint density at radius 2 is 2.14 bits per heavy atom. The lowest BCUT2D eigenvalue weighted by atomic mass is 10.1. The number of benzene rings is 1. The number of nitrogens with zero attached hydrogens (tertiary/aromatic N) is 1. The molecule has 2 heterocycles. The molecule has 122 valence electrons. The number of hydrogen-bond donors (Lipinski definition) is 1. The van der Waals surface area contributed by atoms with Gasteiger partial charge in [0.05, 0.1) is 0 Å². The van der Waals surface area contributed by atoms with Gasteiger partial charge in [0.1, 0.15) is 0 Å². The van der Waals surface area contributed by atoms with Gasteiger partial charge in [-0.25, -0.2) is 4.39 Å². The van der Waals surface area contributed by atoms with Crippen LogP contribution in [0.15, 0.2) is 22.7 Å². The van der Waals surface area contributed by atoms with Gasteiger partial charge in [-0.1, -0.05) is 15.9 Å². The minimum Gasteiger partial charge on any atom is -0.481 e. The van der Waals surface area contributed by atoms with Gasteiger partial charge in [-0.2, -0.15) is 0 Å². The van der Waals surface area contributed by atoms with Crippen LogP contribution in [0.1, 0.15) is 19.3 Å². The predicted octanol–water partition coefficient (Wildman–Crippen LogP) is 2.74. The lowest BCUT2D eigenvalue weighted by Crippen LogP contribution is -2.44. The highest BCUT2D eigenvalue weighted by Crippen LogP contribution is 2.28. The predicted molar refractivity (Wildman–Crippen MR) is 88.0 cm³/mol. The molecule has 0 aromatic heterocycles. The van der Waals surface area contributed by atoms with E-state index in [1.54, 1.807) is 6.07 Å². The number of hydrogen-bond acceptors (Lipinski definition) is 3. The lowest BCUT2D eigenvalue weighted by molar-refractivity contribution is -0.136. The first-order valence-corrected chi connectivity index (χ1v) is 8.04. The van der Waals surface area contributed by atoms with E-state index in [-0.39, 0.29) is 36.7 Å². The highest BCUT2D eigenvalue weighted by molar-refractivity contribution is 9.10. The molecule has 1 amide bonds. The van der Waals surface area contributed by atoms with Crippen molar-refractivity contribution in [2.75, 3.05) is 19.7 Å². The van der Waals surface area contributed by atoms with Crippen LogP contribution in [0, 0.1) is 5.82 Å². The van der Waals surface area contributed by atoms with E-state index in [0.717, 1.165) is 32.4 Å². The fraction of sp³-hybridized carbons (Fsp3) is 0.533. The van der Waals surface area contributed by atoms with Crippen molar-refractivity contribution >= 4 is 34.2 Å². The Hall–Kier alpha value is -0.850. The molecule has 0 spiro atoms. The van der Waals surface area contributed by atoms with Crippen molar-refractivity contribution in [3.05, 3.63) is 28.5 Å². The second kappa shape index (κ2) is 7.62. The summed E-state index contributed by atoms with van der Waals surface area (Å²) in [5, 5.41) is 3.35. The maximum absolute atomic E-state index is 13.7. The maximum Gasteiger partial charge on any atom is 0.261 e. The zero-order valence-electron chi connectivity index (χ0n) is 12.1. The number of nitrogens with one attached hydrogen (secondary N) is 1. The van der Waals surface area contributed by atoms with E-state index in [2.05, 4.69) is 21.2 Å². The minimum absolute atomic E-state index is 0. The first-order chi connectivity index (χ1) is 10.1. The molecule has 1 aromatic rings. The molecular weight excluding hydrogens is 375 g/mol. The summed E-state index contributed by atoms with van der Waals surface area (Å²) in [6, 6.07) is 5.12. The van der Waals surface area contributed by atoms with E-state index in [1.165, 1.54) is 12.1 Å². The maximum atomic E-state index is 13.7. The normalized spacial score (nSPS) is 23.6. The van der Waals surface area contributed by atoms with Crippen molar-refractivity contribution in [3.8, 4) is 5.75 Å². The van der Waals surface area contributed by atoms with Crippen LogP contribution in [0.25, 0.3) is 0 Å². The highest BCUT2D eigenvalue weighted by Gasteiger charge is 2.37. The molecule has 2 atom stereocenters. The van der Waals surface area contributed by atoms with Crippen LogP contribution in [-0.4, -0.2) is 42.6 Å². The van der Waals surface area contributed by atoms with Gasteiger partial charge in [-0.05, 0) is 44.0 Å². The molecule has 3 rings (SSSR count). The topological polar surface area (TPSA) is 41.6 Å². The van der Waals surface area contributed by atoms with Crippen molar-refractivity contribution in [1.29, 1.82) is 0 Å². The third-order valence-electron chi connectivity index (χ3n) is 4.19. The number of rotatable bonds is 3. The third kappa shape index (κ3) is 3.73. The quantitative estimate of drug-likeness (QED) is 0.858. The molecule has 0 saturated carbocycles. The van der Waals surface area contributed by atoms with Crippen LogP contribution in [0.5, 0.6) is 5.75 Å². The Morgan fingerprint density at radius 3 is 2.91 bits per heavy atom. The van der Waals surface area contributed by atoms with Crippen LogP contribution in [0.4, 0.5) is 4.39 Å². The summed E-state index contributed by atoms with van der Waals surface area (Å²) in [4.78, 5) is 14.3. The molecular formula is C15H19BrClFN2O2. The van der Waals surface area contributed by atoms with Crippen LogP contribution in [0.2, 0.25) is 0 Å². The summed E-state index contributed by atoms with van der Waals surface area (Å²) in [6.45, 7) is 1.69. The first-order valence-electron chi connectivity index (χ1n) is 7.25. The number of amides is 1. The fourth-order valence-corrected chi connectivity index (χ4v) is 3.53. The number of carbonyl (C=O) groups is 1. The molecule has 2 bridgehead atoms. The first kappa shape index (κ1) is 17.5. The average Bonchev–Trinajstić information content (AvgIpc) is 2.71. The minimum atomic E-state index is -0.460. The van der Waals surface area contributed by atoms with Gasteiger partial charge in [0.25, 0.3) is 5.91 Å². The Morgan fingerprint density at radius 1 is 1.36 bits per heavy atom. The van der Waals surface area contributed by atoms with Gasteiger partial charge in [0.2, 0.25) is 0 Å². The van der Waals surface area contributed by atoms with E-state index in [0.29, 0.717) is 10.5 Å². The second-order valence-electron chi connectivity index (χ2n) is 5.54. The third-order valence-corrected chi connectivity index (χ3v) is 4.68. The molecule has 0 aliphatic carbocycles. The summed E-state index contributed by atoms with van der Waals surface area (Å²) < 4.78 is 19.7. The molecule has 2 fully saturated rings. The number of halogens is 3. The largest absolute Gasteiger partial charge is 0.481 e. The van der Waals surface area contributed by atoms with Gasteiger partial charge in [-0.3, -0.25) is 4.79 Å². The summed E-state index contributed by atoms with van der Waals surface area (Å²) in [5.41, 5.74) is 0. The molecule has 1 N–H and O–H groups in total. The van der Waals surface area contributed by atoms with E-state index < -0.39 is 5.82 Å². The number of carbonyl (C=O) groups excluding carboxylic acids is 1. The zero-order chi connectivity index (χ0) is 14.8. The Bertz CT molecular complexity index is 532. The SMILES string of the molecule is Cl.O=C(COc1ccc(Br)cc1F)N1C2CCNCC1CC2. The van der Waals surface area contributed by atoms with Crippen molar-refractivity contribution in [2.45, 2.75) is 31.3 Å². The molecule has 22 heavy (non-hydrogen) atoms. The molecule has 2 unspecified atom stereocenters. The van der Waals surface area contributed by atoms with Crippen molar-refractivity contribution in [3.63, 3.8) is 0 Å². The van der Waals surface area contributed by atoms with E-state index in [1.807, 2.05) is 4.90 Å². The van der Waals surface area contributed by atoms with Gasteiger partial charge in [0.15, 0.2) is 18.2 Å². The summed E-state index contributed by atoms with van der Waals surface area (Å²) >= 11 is 3.19. The number of ether oxygens (including phenoxy) is 1. The van der Waals surface area contributed by atoms with Gasteiger partial charge < -0.3 is 15.0 Å². The van der Waals surface area contributed by atoms with Gasteiger partial charge >= 0.3 is 0 Å². The van der Waals surface area contributed by atoms with Crippen LogP contribution in [-0.2, 0) is 4.79 Å². The summed E-state index contributed by atoms with van der Waals surface area (Å²) in [6.07, 6.45) is 3.08. The molecule has 1 aromatic carbocycles. The number of fused-ring (bicyclic) bond motifs is 2. The van der Waals surface area contributed by atoms with Crippen molar-refractivity contribution in [1.82, 2.24) is 10.2 Å². The summed E-state index contributed by atoms with van der Waals surface area (Å²) in [7, 11) is 0. The Balaban J connectivity index is 0.00000176. The van der Waals surface area contributed by atoms with Crippen LogP contribution < -0.4 is 10.1 Å². The van der Waals surface area contributed by atoms with E-state index in [9.17, 15) is 9.18 Å². The Kier molecular flexibility index (Phi) is 6.06. The van der Waals surface area contributed by atoms with Crippen LogP contribution >= 0.6 is 28.3 Å². The van der Waals surface area contributed by atoms with E-state index in [4.69, 9.17) is 4.74 Å². The standard InChI is InChI=1S/C15H18BrFN2O2.ClH/c16-10-1-4-14(13(17)7-10)21-9-15(20)19-11-2-3-12(19)8-18-6-5-11;/h1,4,7,11-12,18H,2-3,5-6,8-9H2;1H. The second-order valence-corrected chi connectivity index (χ2v) is 6.46. The van der Waals surface area contributed by atoms with Crippen molar-refractivity contribution in [2.24, 2.45) is 0 Å². The highest BCUT2D eigenvalue weighted by atomic mass is 79.9. The molecule has 2 aliphatic rings. The van der Waals surface area contributed by atoms with Gasteiger partial charge in [0, 0.05) is 23.1 Å². The fourth-order valence-electron chi connectivity index (χ4n) is 3.20. The van der Waals surface area contributed by atoms with Gasteiger partial charge in [-0.15, -0.1) is 12.4 Å². The molecule has 7 heteroatoms. The van der Waals surface area contributed by atoms with E-state index >= 15 is 0 Å². The smallest absolute Gasteiger partial charge is 0.261 e. The average molecular weight is 394 g/mol. The zero-order valence-corrected chi connectivity index (χ0v) is 14.5. The van der Waals surface area contributed by atoms with Crippen LogP contribution in [0.3, 0.4) is 0 Å². The molecule has 2 saturated heterocycles. The monoisotopic (exact) mass is 392 g/mol.